The molecule has 1 amide bonds. The Balaban J connectivity index is 1.83. The summed E-state index contributed by atoms with van der Waals surface area (Å²) in [4.78, 5) is 13.0. The fourth-order valence-electron chi connectivity index (χ4n) is 3.29. The first-order chi connectivity index (χ1) is 14.8. The van der Waals surface area contributed by atoms with Gasteiger partial charge >= 0.3 is 0 Å². The molecule has 162 valence electrons. The predicted octanol–water partition coefficient (Wildman–Crippen LogP) is 4.63. The van der Waals surface area contributed by atoms with Crippen molar-refractivity contribution < 1.29 is 13.2 Å². The Morgan fingerprint density at radius 1 is 0.935 bits per heavy atom. The fourth-order valence-corrected chi connectivity index (χ4v) is 4.71. The van der Waals surface area contributed by atoms with Gasteiger partial charge in [0.2, 0.25) is 5.91 Å². The monoisotopic (exact) mass is 436 g/mol. The lowest BCUT2D eigenvalue weighted by atomic mass is 10.1. The summed E-state index contributed by atoms with van der Waals surface area (Å²) in [6, 6.07) is 23.1. The number of amides is 1. The summed E-state index contributed by atoms with van der Waals surface area (Å²) in [6.45, 7) is 5.57. The molecule has 0 aromatic heterocycles. The Bertz CT molecular complexity index is 1110. The van der Waals surface area contributed by atoms with Crippen LogP contribution in [0, 0.1) is 6.92 Å². The first kappa shape index (κ1) is 22.6. The van der Waals surface area contributed by atoms with Crippen LogP contribution in [0.15, 0.2) is 83.8 Å². The molecule has 3 aromatic rings. The van der Waals surface area contributed by atoms with Crippen molar-refractivity contribution in [2.45, 2.75) is 38.1 Å². The van der Waals surface area contributed by atoms with Crippen LogP contribution < -0.4 is 9.62 Å². The van der Waals surface area contributed by atoms with E-state index in [-0.39, 0.29) is 23.4 Å². The van der Waals surface area contributed by atoms with Crippen LogP contribution in [0.25, 0.3) is 0 Å². The van der Waals surface area contributed by atoms with E-state index < -0.39 is 10.0 Å². The fraction of sp³-hybridized carbons (Fsp3) is 0.240. The summed E-state index contributed by atoms with van der Waals surface area (Å²) in [6.07, 6.45) is 0.948. The van der Waals surface area contributed by atoms with Gasteiger partial charge in [0.15, 0.2) is 0 Å². The third kappa shape index (κ3) is 5.52. The summed E-state index contributed by atoms with van der Waals surface area (Å²) in [5.74, 6) is -0.369. The Hall–Kier alpha value is -3.12. The number of rotatable bonds is 8. The zero-order valence-corrected chi connectivity index (χ0v) is 18.9. The Labute approximate surface area is 184 Å². The van der Waals surface area contributed by atoms with E-state index in [1.165, 1.54) is 5.56 Å². The molecule has 3 rings (SSSR count). The van der Waals surface area contributed by atoms with Gasteiger partial charge in [-0.25, -0.2) is 8.42 Å². The smallest absolute Gasteiger partial charge is 0.264 e. The Morgan fingerprint density at radius 2 is 1.55 bits per heavy atom. The van der Waals surface area contributed by atoms with E-state index in [2.05, 4.69) is 12.2 Å². The van der Waals surface area contributed by atoms with E-state index in [0.717, 1.165) is 21.9 Å². The van der Waals surface area contributed by atoms with Gasteiger partial charge in [0.1, 0.15) is 6.54 Å². The largest absolute Gasteiger partial charge is 0.348 e. The molecule has 0 aliphatic rings. The highest BCUT2D eigenvalue weighted by atomic mass is 32.2. The van der Waals surface area contributed by atoms with E-state index in [9.17, 15) is 13.2 Å². The average Bonchev–Trinajstić information content (AvgIpc) is 2.78. The van der Waals surface area contributed by atoms with Gasteiger partial charge in [-0.15, -0.1) is 0 Å². The van der Waals surface area contributed by atoms with Crippen molar-refractivity contribution in [3.05, 3.63) is 95.6 Å². The maximum atomic E-state index is 13.4. The van der Waals surface area contributed by atoms with Crippen LogP contribution in [0.4, 0.5) is 5.69 Å². The number of carbonyl (C=O) groups is 1. The number of nitrogens with zero attached hydrogens (tertiary/aromatic N) is 1. The first-order valence-electron chi connectivity index (χ1n) is 10.3. The highest BCUT2D eigenvalue weighted by Gasteiger charge is 2.27. The van der Waals surface area contributed by atoms with Crippen LogP contribution in [0.3, 0.4) is 0 Å². The molecule has 3 aromatic carbocycles. The van der Waals surface area contributed by atoms with Crippen molar-refractivity contribution in [1.29, 1.82) is 0 Å². The Morgan fingerprint density at radius 3 is 2.13 bits per heavy atom. The number of sulfonamides is 1. The molecule has 0 fully saturated rings. The highest BCUT2D eigenvalue weighted by Crippen LogP contribution is 2.24. The van der Waals surface area contributed by atoms with Crippen molar-refractivity contribution in [3.63, 3.8) is 0 Å². The van der Waals surface area contributed by atoms with Gasteiger partial charge in [0.05, 0.1) is 16.6 Å². The topological polar surface area (TPSA) is 66.5 Å². The minimum absolute atomic E-state index is 0.151. The van der Waals surface area contributed by atoms with Crippen molar-refractivity contribution in [2.75, 3.05) is 10.8 Å². The quantitative estimate of drug-likeness (QED) is 0.560. The number of para-hydroxylation sites is 1. The van der Waals surface area contributed by atoms with Gasteiger partial charge in [-0.3, -0.25) is 9.10 Å². The first-order valence-corrected chi connectivity index (χ1v) is 11.8. The van der Waals surface area contributed by atoms with Crippen molar-refractivity contribution in [3.8, 4) is 0 Å². The molecule has 0 spiro atoms. The van der Waals surface area contributed by atoms with Crippen molar-refractivity contribution in [2.24, 2.45) is 0 Å². The molecule has 6 heteroatoms. The summed E-state index contributed by atoms with van der Waals surface area (Å²) in [5.41, 5.74) is 3.60. The van der Waals surface area contributed by atoms with E-state index in [1.807, 2.05) is 44.2 Å². The van der Waals surface area contributed by atoms with Crippen LogP contribution in [-0.4, -0.2) is 20.9 Å². The highest BCUT2D eigenvalue weighted by molar-refractivity contribution is 7.92. The van der Waals surface area contributed by atoms with Crippen LogP contribution in [0.1, 0.15) is 36.6 Å². The Kier molecular flexibility index (Phi) is 7.13. The van der Waals surface area contributed by atoms with Gasteiger partial charge in [0.25, 0.3) is 10.0 Å². The van der Waals surface area contributed by atoms with Crippen LogP contribution in [0.5, 0.6) is 0 Å². The molecular weight excluding hydrogens is 408 g/mol. The summed E-state index contributed by atoms with van der Waals surface area (Å²) < 4.78 is 27.9. The second-order valence-electron chi connectivity index (χ2n) is 7.54. The second kappa shape index (κ2) is 9.79. The SMILES string of the molecule is CCc1ccc([C@@H](C)NC(=O)CN(c2ccccc2)S(=O)(=O)c2ccc(C)cc2)cc1. The van der Waals surface area contributed by atoms with Crippen molar-refractivity contribution in [1.82, 2.24) is 5.32 Å². The molecule has 1 N–H and O–H groups in total. The molecule has 0 bridgehead atoms. The van der Waals surface area contributed by atoms with Crippen LogP contribution in [0.2, 0.25) is 0 Å². The van der Waals surface area contributed by atoms with E-state index in [4.69, 9.17) is 0 Å². The molecular formula is C25H28N2O3S. The molecule has 0 saturated carbocycles. The van der Waals surface area contributed by atoms with E-state index in [0.29, 0.717) is 5.69 Å². The van der Waals surface area contributed by atoms with Crippen molar-refractivity contribution >= 4 is 21.6 Å². The van der Waals surface area contributed by atoms with E-state index >= 15 is 0 Å². The number of carbonyl (C=O) groups excluding carboxylic acids is 1. The summed E-state index contributed by atoms with van der Waals surface area (Å²) in [5, 5.41) is 2.92. The number of nitrogens with one attached hydrogen (secondary N) is 1. The normalized spacial score (nSPS) is 12.2. The molecule has 0 radical (unpaired) electrons. The number of aryl methyl sites for hydroxylation is 2. The standard InChI is InChI=1S/C25H28N2O3S/c1-4-21-12-14-22(15-13-21)20(3)26-25(28)18-27(23-8-6-5-7-9-23)31(29,30)24-16-10-19(2)11-17-24/h5-17,20H,4,18H2,1-3H3,(H,26,28)/t20-/m1/s1. The van der Waals surface area contributed by atoms with Gasteiger partial charge in [-0.05, 0) is 55.7 Å². The minimum atomic E-state index is -3.90. The number of hydrogen-bond acceptors (Lipinski definition) is 3. The molecule has 0 aliphatic heterocycles. The maximum absolute atomic E-state index is 13.4. The second-order valence-corrected chi connectivity index (χ2v) is 9.41. The molecule has 1 atom stereocenters. The third-order valence-electron chi connectivity index (χ3n) is 5.21. The van der Waals surface area contributed by atoms with Gasteiger partial charge in [-0.2, -0.15) is 0 Å². The molecule has 0 saturated heterocycles. The lowest BCUT2D eigenvalue weighted by Crippen LogP contribution is -2.41. The van der Waals surface area contributed by atoms with Gasteiger partial charge < -0.3 is 5.32 Å². The molecule has 0 aliphatic carbocycles. The molecule has 0 heterocycles. The summed E-state index contributed by atoms with van der Waals surface area (Å²) in [7, 11) is -3.90. The lowest BCUT2D eigenvalue weighted by molar-refractivity contribution is -0.120. The zero-order chi connectivity index (χ0) is 22.4. The zero-order valence-electron chi connectivity index (χ0n) is 18.1. The number of hydrogen-bond donors (Lipinski definition) is 1. The molecule has 0 unspecified atom stereocenters. The molecule has 5 nitrogen and oxygen atoms in total. The van der Waals surface area contributed by atoms with E-state index in [1.54, 1.807) is 48.5 Å². The van der Waals surface area contributed by atoms with Gasteiger partial charge in [-0.1, -0.05) is 67.1 Å². The van der Waals surface area contributed by atoms with Gasteiger partial charge in [0, 0.05) is 0 Å². The number of anilines is 1. The minimum Gasteiger partial charge on any atom is -0.348 e. The third-order valence-corrected chi connectivity index (χ3v) is 6.99. The molecule has 31 heavy (non-hydrogen) atoms. The maximum Gasteiger partial charge on any atom is 0.264 e. The lowest BCUT2D eigenvalue weighted by Gasteiger charge is -2.25. The average molecular weight is 437 g/mol. The van der Waals surface area contributed by atoms with Crippen LogP contribution >= 0.6 is 0 Å². The van der Waals surface area contributed by atoms with Crippen LogP contribution in [-0.2, 0) is 21.2 Å². The number of benzene rings is 3. The predicted molar refractivity (Wildman–Crippen MR) is 125 cm³/mol. The summed E-state index contributed by atoms with van der Waals surface area (Å²) >= 11 is 0.